The van der Waals surface area contributed by atoms with E-state index in [9.17, 15) is 13.2 Å². The zero-order valence-electron chi connectivity index (χ0n) is 10.8. The molecule has 0 radical (unpaired) electrons. The standard InChI is InChI=1S/C12H16N2O4S2/c15-11(16)8-1-2-9-10(8)14-12(19-9)13-7-3-5-20(17,18)6-4-7/h7-8H,1-6H2,(H,13,14)(H,15,16). The maximum absolute atomic E-state index is 11.4. The lowest BCUT2D eigenvalue weighted by Gasteiger charge is -2.22. The zero-order valence-corrected chi connectivity index (χ0v) is 12.5. The second-order valence-electron chi connectivity index (χ2n) is 5.33. The van der Waals surface area contributed by atoms with Crippen LogP contribution in [0.3, 0.4) is 0 Å². The molecule has 6 nitrogen and oxygen atoms in total. The topological polar surface area (TPSA) is 96.4 Å². The summed E-state index contributed by atoms with van der Waals surface area (Å²) in [7, 11) is -2.86. The minimum atomic E-state index is -2.86. The van der Waals surface area contributed by atoms with Gasteiger partial charge in [-0.2, -0.15) is 0 Å². The number of carbonyl (C=O) groups is 1. The van der Waals surface area contributed by atoms with Crippen molar-refractivity contribution in [3.8, 4) is 0 Å². The summed E-state index contributed by atoms with van der Waals surface area (Å²) in [5, 5.41) is 13.1. The van der Waals surface area contributed by atoms with Gasteiger partial charge >= 0.3 is 5.97 Å². The van der Waals surface area contributed by atoms with Gasteiger partial charge in [0.2, 0.25) is 0 Å². The Balaban J connectivity index is 1.68. The highest BCUT2D eigenvalue weighted by molar-refractivity contribution is 7.91. The van der Waals surface area contributed by atoms with Crippen molar-refractivity contribution in [1.29, 1.82) is 0 Å². The SMILES string of the molecule is O=C(O)C1CCc2sc(NC3CCS(=O)(=O)CC3)nc21. The smallest absolute Gasteiger partial charge is 0.312 e. The lowest BCUT2D eigenvalue weighted by atomic mass is 10.1. The van der Waals surface area contributed by atoms with E-state index in [0.717, 1.165) is 16.4 Å². The first-order chi connectivity index (χ1) is 9.44. The highest BCUT2D eigenvalue weighted by Gasteiger charge is 2.33. The summed E-state index contributed by atoms with van der Waals surface area (Å²) >= 11 is 1.50. The predicted octanol–water partition coefficient (Wildman–Crippen LogP) is 1.25. The van der Waals surface area contributed by atoms with Gasteiger partial charge in [-0.3, -0.25) is 4.79 Å². The second kappa shape index (κ2) is 5.00. The van der Waals surface area contributed by atoms with Gasteiger partial charge in [-0.05, 0) is 25.7 Å². The Bertz CT molecular complexity index is 624. The van der Waals surface area contributed by atoms with Gasteiger partial charge in [-0.25, -0.2) is 13.4 Å². The molecule has 2 heterocycles. The molecule has 0 bridgehead atoms. The van der Waals surface area contributed by atoms with Crippen molar-refractivity contribution in [2.24, 2.45) is 0 Å². The Hall–Kier alpha value is -1.15. The molecule has 1 fully saturated rings. The molecular weight excluding hydrogens is 300 g/mol. The summed E-state index contributed by atoms with van der Waals surface area (Å²) in [6.45, 7) is 0. The summed E-state index contributed by atoms with van der Waals surface area (Å²) in [6, 6.07) is 0.119. The Morgan fingerprint density at radius 2 is 2.00 bits per heavy atom. The van der Waals surface area contributed by atoms with Gasteiger partial charge < -0.3 is 10.4 Å². The number of hydrogen-bond donors (Lipinski definition) is 2. The number of aliphatic carboxylic acids is 1. The number of aryl methyl sites for hydroxylation is 1. The van der Waals surface area contributed by atoms with Crippen LogP contribution in [0.5, 0.6) is 0 Å². The van der Waals surface area contributed by atoms with Crippen LogP contribution >= 0.6 is 11.3 Å². The third kappa shape index (κ3) is 2.67. The molecule has 8 heteroatoms. The van der Waals surface area contributed by atoms with Gasteiger partial charge in [0, 0.05) is 10.9 Å². The third-order valence-electron chi connectivity index (χ3n) is 3.90. The van der Waals surface area contributed by atoms with Crippen molar-refractivity contribution < 1.29 is 18.3 Å². The fourth-order valence-electron chi connectivity index (χ4n) is 2.74. The molecule has 2 N–H and O–H groups in total. The van der Waals surface area contributed by atoms with Crippen LogP contribution in [0, 0.1) is 0 Å². The van der Waals surface area contributed by atoms with Gasteiger partial charge in [0.15, 0.2) is 5.13 Å². The molecule has 1 saturated heterocycles. The molecule has 2 aliphatic rings. The summed E-state index contributed by atoms with van der Waals surface area (Å²) < 4.78 is 22.7. The molecule has 0 spiro atoms. The van der Waals surface area contributed by atoms with E-state index in [0.29, 0.717) is 25.0 Å². The van der Waals surface area contributed by atoms with Crippen LogP contribution in [0.1, 0.15) is 35.8 Å². The van der Waals surface area contributed by atoms with E-state index in [1.807, 2.05) is 0 Å². The summed E-state index contributed by atoms with van der Waals surface area (Å²) in [6.07, 6.45) is 2.58. The molecular formula is C12H16N2O4S2. The first kappa shape index (κ1) is 13.8. The molecule has 1 aromatic heterocycles. The predicted molar refractivity (Wildman–Crippen MR) is 76.1 cm³/mol. The summed E-state index contributed by atoms with van der Waals surface area (Å²) in [5.74, 6) is -0.867. The number of thiazole rings is 1. The van der Waals surface area contributed by atoms with Crippen LogP contribution in [0.15, 0.2) is 0 Å². The Morgan fingerprint density at radius 3 is 2.65 bits per heavy atom. The molecule has 1 aromatic rings. The van der Waals surface area contributed by atoms with Crippen molar-refractivity contribution in [2.45, 2.75) is 37.6 Å². The fraction of sp³-hybridized carbons (Fsp3) is 0.667. The van der Waals surface area contributed by atoms with E-state index < -0.39 is 21.7 Å². The largest absolute Gasteiger partial charge is 0.481 e. The highest BCUT2D eigenvalue weighted by Crippen LogP contribution is 2.38. The molecule has 1 unspecified atom stereocenters. The minimum Gasteiger partial charge on any atom is -0.481 e. The second-order valence-corrected chi connectivity index (χ2v) is 8.71. The van der Waals surface area contributed by atoms with Crippen molar-refractivity contribution >= 4 is 32.3 Å². The Kier molecular flexibility index (Phi) is 3.45. The first-order valence-corrected chi connectivity index (χ1v) is 9.28. The normalized spacial score (nSPS) is 25.3. The van der Waals surface area contributed by atoms with Gasteiger partial charge in [-0.15, -0.1) is 11.3 Å². The molecule has 1 aliphatic carbocycles. The number of carboxylic acid groups (broad SMARTS) is 1. The number of sulfone groups is 1. The molecule has 1 aliphatic heterocycles. The van der Waals surface area contributed by atoms with Gasteiger partial charge in [0.05, 0.1) is 17.2 Å². The monoisotopic (exact) mass is 316 g/mol. The zero-order chi connectivity index (χ0) is 14.3. The summed E-state index contributed by atoms with van der Waals surface area (Å²) in [5.41, 5.74) is 0.688. The quantitative estimate of drug-likeness (QED) is 0.871. The van der Waals surface area contributed by atoms with Gasteiger partial charge in [-0.1, -0.05) is 0 Å². The molecule has 0 saturated carbocycles. The number of nitrogens with one attached hydrogen (secondary N) is 1. The molecule has 3 rings (SSSR count). The number of nitrogens with zero attached hydrogens (tertiary/aromatic N) is 1. The maximum atomic E-state index is 11.4. The minimum absolute atomic E-state index is 0.119. The number of anilines is 1. The molecule has 0 aromatic carbocycles. The lowest BCUT2D eigenvalue weighted by molar-refractivity contribution is -0.138. The number of fused-ring (bicyclic) bond motifs is 1. The summed E-state index contributed by atoms with van der Waals surface area (Å²) in [4.78, 5) is 16.6. The van der Waals surface area contributed by atoms with E-state index in [1.165, 1.54) is 11.3 Å². The fourth-order valence-corrected chi connectivity index (χ4v) is 5.34. The van der Waals surface area contributed by atoms with Crippen molar-refractivity contribution in [3.05, 3.63) is 10.6 Å². The Morgan fingerprint density at radius 1 is 1.30 bits per heavy atom. The van der Waals surface area contributed by atoms with E-state index >= 15 is 0 Å². The van der Waals surface area contributed by atoms with Crippen LogP contribution < -0.4 is 5.32 Å². The van der Waals surface area contributed by atoms with Gasteiger partial charge in [0.1, 0.15) is 15.8 Å². The van der Waals surface area contributed by atoms with Crippen LogP contribution in [0.25, 0.3) is 0 Å². The van der Waals surface area contributed by atoms with Crippen LogP contribution in [0.4, 0.5) is 5.13 Å². The number of hydrogen-bond acceptors (Lipinski definition) is 6. The van der Waals surface area contributed by atoms with E-state index in [2.05, 4.69) is 10.3 Å². The van der Waals surface area contributed by atoms with Crippen LogP contribution in [-0.4, -0.2) is 42.0 Å². The average Bonchev–Trinajstić information content (AvgIpc) is 2.90. The number of carboxylic acids is 1. The van der Waals surface area contributed by atoms with E-state index in [4.69, 9.17) is 5.11 Å². The van der Waals surface area contributed by atoms with Crippen LogP contribution in [-0.2, 0) is 21.1 Å². The highest BCUT2D eigenvalue weighted by atomic mass is 32.2. The van der Waals surface area contributed by atoms with Crippen molar-refractivity contribution in [1.82, 2.24) is 4.98 Å². The maximum Gasteiger partial charge on any atom is 0.312 e. The van der Waals surface area contributed by atoms with Crippen molar-refractivity contribution in [3.63, 3.8) is 0 Å². The first-order valence-electron chi connectivity index (χ1n) is 6.64. The molecule has 20 heavy (non-hydrogen) atoms. The molecule has 1 atom stereocenters. The molecule has 0 amide bonds. The lowest BCUT2D eigenvalue weighted by Crippen LogP contribution is -2.32. The number of rotatable bonds is 3. The number of aromatic nitrogens is 1. The van der Waals surface area contributed by atoms with Crippen LogP contribution in [0.2, 0.25) is 0 Å². The van der Waals surface area contributed by atoms with E-state index in [1.54, 1.807) is 0 Å². The third-order valence-corrected chi connectivity index (χ3v) is 6.68. The molecule has 110 valence electrons. The van der Waals surface area contributed by atoms with Crippen molar-refractivity contribution in [2.75, 3.05) is 16.8 Å². The van der Waals surface area contributed by atoms with Gasteiger partial charge in [0.25, 0.3) is 0 Å². The van der Waals surface area contributed by atoms with E-state index in [-0.39, 0.29) is 17.5 Å². The Labute approximate surface area is 121 Å². The average molecular weight is 316 g/mol.